The van der Waals surface area contributed by atoms with Gasteiger partial charge < -0.3 is 23.7 Å². The van der Waals surface area contributed by atoms with E-state index in [1.165, 1.54) is 11.8 Å². The summed E-state index contributed by atoms with van der Waals surface area (Å²) in [7, 11) is 0. The van der Waals surface area contributed by atoms with Gasteiger partial charge in [0.15, 0.2) is 18.3 Å². The number of esters is 4. The van der Waals surface area contributed by atoms with Crippen molar-refractivity contribution >= 4 is 35.6 Å². The van der Waals surface area contributed by atoms with Gasteiger partial charge in [0.1, 0.15) is 18.1 Å². The van der Waals surface area contributed by atoms with Crippen LogP contribution in [0.3, 0.4) is 0 Å². The third-order valence-corrected chi connectivity index (χ3v) is 8.11. The predicted molar refractivity (Wildman–Crippen MR) is 170 cm³/mol. The number of ether oxygens (including phenoxy) is 5. The molecule has 236 valence electrons. The molecule has 1 heterocycles. The quantitative estimate of drug-likeness (QED) is 0.143. The molecule has 0 radical (unpaired) electrons. The standard InChI is InChI=1S/C36H32O9S/c1-2-46-36-31(45-35(40)27-21-13-6-14-22-27)30(44-34(39)26-19-11-5-12-20-26)29(43-33(38)25-17-9-4-10-18-25)28(42-36)23-41-32(37)24-15-7-3-8-16-24/h3-22,28-31,36H,2,23H2,1H3/t28-,29-,30+,31+,36+/m1/s1. The van der Waals surface area contributed by atoms with Crippen LogP contribution in [0.5, 0.6) is 0 Å². The first-order valence-electron chi connectivity index (χ1n) is 14.7. The van der Waals surface area contributed by atoms with Gasteiger partial charge in [-0.3, -0.25) is 0 Å². The third-order valence-electron chi connectivity index (χ3n) is 7.07. The maximum absolute atomic E-state index is 13.5. The van der Waals surface area contributed by atoms with E-state index in [9.17, 15) is 19.2 Å². The van der Waals surface area contributed by atoms with Gasteiger partial charge in [0, 0.05) is 0 Å². The molecule has 0 unspecified atom stereocenters. The molecule has 0 saturated carbocycles. The van der Waals surface area contributed by atoms with Crippen molar-refractivity contribution in [3.63, 3.8) is 0 Å². The summed E-state index contributed by atoms with van der Waals surface area (Å²) in [5.41, 5.74) is 0.184. The van der Waals surface area contributed by atoms with E-state index in [1.54, 1.807) is 121 Å². The number of carbonyl (C=O) groups is 4. The largest absolute Gasteiger partial charge is 0.459 e. The molecule has 5 atom stereocenters. The molecule has 9 nitrogen and oxygen atoms in total. The summed E-state index contributed by atoms with van der Waals surface area (Å²) in [5.74, 6) is -2.22. The fraction of sp³-hybridized carbons (Fsp3) is 0.222. The zero-order valence-electron chi connectivity index (χ0n) is 24.9. The van der Waals surface area contributed by atoms with Gasteiger partial charge in [-0.05, 0) is 54.3 Å². The maximum atomic E-state index is 13.5. The molecule has 10 heteroatoms. The van der Waals surface area contributed by atoms with Crippen LogP contribution in [0.2, 0.25) is 0 Å². The maximum Gasteiger partial charge on any atom is 0.338 e. The number of rotatable bonds is 11. The van der Waals surface area contributed by atoms with Gasteiger partial charge in [-0.15, -0.1) is 11.8 Å². The van der Waals surface area contributed by atoms with Gasteiger partial charge in [0.25, 0.3) is 0 Å². The molecule has 1 saturated heterocycles. The van der Waals surface area contributed by atoms with E-state index >= 15 is 0 Å². The zero-order chi connectivity index (χ0) is 32.3. The fourth-order valence-electron chi connectivity index (χ4n) is 4.83. The van der Waals surface area contributed by atoms with Crippen LogP contribution in [0.15, 0.2) is 121 Å². The van der Waals surface area contributed by atoms with Crippen molar-refractivity contribution in [2.24, 2.45) is 0 Å². The highest BCUT2D eigenvalue weighted by atomic mass is 32.2. The highest BCUT2D eigenvalue weighted by Crippen LogP contribution is 2.35. The summed E-state index contributed by atoms with van der Waals surface area (Å²) < 4.78 is 30.0. The van der Waals surface area contributed by atoms with Crippen LogP contribution in [0.4, 0.5) is 0 Å². The van der Waals surface area contributed by atoms with Gasteiger partial charge in [-0.2, -0.15) is 0 Å². The van der Waals surface area contributed by atoms with Crippen LogP contribution < -0.4 is 0 Å². The number of benzene rings is 4. The second kappa shape index (κ2) is 15.9. The second-order valence-corrected chi connectivity index (χ2v) is 11.5. The van der Waals surface area contributed by atoms with E-state index in [2.05, 4.69) is 0 Å². The Labute approximate surface area is 270 Å². The smallest absolute Gasteiger partial charge is 0.338 e. The third kappa shape index (κ3) is 8.21. The van der Waals surface area contributed by atoms with Crippen molar-refractivity contribution in [2.75, 3.05) is 12.4 Å². The first kappa shape index (κ1) is 32.5. The number of hydrogen-bond acceptors (Lipinski definition) is 10. The SMILES string of the molecule is CCS[C@@H]1O[C@H](COC(=O)c2ccccc2)[C@@H](OC(=O)c2ccccc2)[C@H](OC(=O)c2ccccc2)[C@@H]1OC(=O)c1ccccc1. The van der Waals surface area contributed by atoms with Crippen molar-refractivity contribution in [3.8, 4) is 0 Å². The first-order chi connectivity index (χ1) is 22.4. The lowest BCUT2D eigenvalue weighted by atomic mass is 9.98. The van der Waals surface area contributed by atoms with E-state index < -0.39 is 53.7 Å². The lowest BCUT2D eigenvalue weighted by molar-refractivity contribution is -0.207. The van der Waals surface area contributed by atoms with Crippen molar-refractivity contribution in [1.82, 2.24) is 0 Å². The van der Waals surface area contributed by atoms with Gasteiger partial charge in [0.2, 0.25) is 0 Å². The molecule has 0 N–H and O–H groups in total. The Morgan fingerprint density at radius 2 is 0.913 bits per heavy atom. The molecule has 4 aromatic carbocycles. The minimum Gasteiger partial charge on any atom is -0.459 e. The van der Waals surface area contributed by atoms with Crippen LogP contribution >= 0.6 is 11.8 Å². The van der Waals surface area contributed by atoms with Crippen LogP contribution in [-0.4, -0.2) is 66.1 Å². The average molecular weight is 641 g/mol. The van der Waals surface area contributed by atoms with E-state index in [1.807, 2.05) is 6.92 Å². The molecule has 0 aromatic heterocycles. The Hall–Kier alpha value is -4.93. The first-order valence-corrected chi connectivity index (χ1v) is 15.8. The van der Waals surface area contributed by atoms with Crippen LogP contribution in [0.1, 0.15) is 48.4 Å². The molecule has 5 rings (SSSR count). The van der Waals surface area contributed by atoms with E-state index in [-0.39, 0.29) is 23.3 Å². The summed E-state index contributed by atoms with van der Waals surface area (Å²) in [6, 6.07) is 33.3. The zero-order valence-corrected chi connectivity index (χ0v) is 25.7. The molecule has 1 fully saturated rings. The second-order valence-electron chi connectivity index (χ2n) is 10.2. The van der Waals surface area contributed by atoms with Crippen LogP contribution in [-0.2, 0) is 23.7 Å². The number of hydrogen-bond donors (Lipinski definition) is 0. The average Bonchev–Trinajstić information content (AvgIpc) is 3.11. The van der Waals surface area contributed by atoms with E-state index in [0.29, 0.717) is 11.3 Å². The van der Waals surface area contributed by atoms with Crippen LogP contribution in [0, 0.1) is 0 Å². The normalized spacial score (nSPS) is 20.6. The molecule has 0 bridgehead atoms. The van der Waals surface area contributed by atoms with Crippen molar-refractivity contribution in [2.45, 2.75) is 36.8 Å². The minimum atomic E-state index is -1.34. The Balaban J connectivity index is 1.52. The van der Waals surface area contributed by atoms with Gasteiger partial charge in [0.05, 0.1) is 22.3 Å². The summed E-state index contributed by atoms with van der Waals surface area (Å²) in [4.78, 5) is 53.2. The highest BCUT2D eigenvalue weighted by molar-refractivity contribution is 7.99. The Morgan fingerprint density at radius 1 is 0.543 bits per heavy atom. The fourth-order valence-corrected chi connectivity index (χ4v) is 5.78. The lowest BCUT2D eigenvalue weighted by Crippen LogP contribution is -2.61. The Kier molecular flexibility index (Phi) is 11.2. The highest BCUT2D eigenvalue weighted by Gasteiger charge is 2.53. The topological polar surface area (TPSA) is 114 Å². The summed E-state index contributed by atoms with van der Waals surface area (Å²) in [6.45, 7) is 1.54. The van der Waals surface area contributed by atoms with Crippen molar-refractivity contribution in [3.05, 3.63) is 144 Å². The lowest BCUT2D eigenvalue weighted by Gasteiger charge is -2.44. The van der Waals surface area contributed by atoms with E-state index in [4.69, 9.17) is 23.7 Å². The Morgan fingerprint density at radius 3 is 1.33 bits per heavy atom. The Bertz CT molecular complexity index is 1600. The molecular weight excluding hydrogens is 608 g/mol. The van der Waals surface area contributed by atoms with Crippen molar-refractivity contribution < 1.29 is 42.9 Å². The molecule has 4 aromatic rings. The monoisotopic (exact) mass is 640 g/mol. The molecule has 1 aliphatic rings. The number of carbonyl (C=O) groups excluding carboxylic acids is 4. The van der Waals surface area contributed by atoms with Crippen LogP contribution in [0.25, 0.3) is 0 Å². The van der Waals surface area contributed by atoms with Gasteiger partial charge in [-0.25, -0.2) is 19.2 Å². The molecular formula is C36H32O9S. The van der Waals surface area contributed by atoms with E-state index in [0.717, 1.165) is 0 Å². The predicted octanol–water partition coefficient (Wildman–Crippen LogP) is 6.00. The molecule has 46 heavy (non-hydrogen) atoms. The van der Waals surface area contributed by atoms with Gasteiger partial charge in [-0.1, -0.05) is 79.7 Å². The molecule has 0 spiro atoms. The minimum absolute atomic E-state index is 0.235. The summed E-state index contributed by atoms with van der Waals surface area (Å²) in [6.07, 6.45) is -4.98. The molecule has 0 amide bonds. The summed E-state index contributed by atoms with van der Waals surface area (Å²) >= 11 is 1.30. The molecule has 0 aliphatic carbocycles. The summed E-state index contributed by atoms with van der Waals surface area (Å²) in [5, 5.41) is 0. The van der Waals surface area contributed by atoms with Crippen molar-refractivity contribution in [1.29, 1.82) is 0 Å². The number of thioether (sulfide) groups is 1. The molecule has 1 aliphatic heterocycles. The van der Waals surface area contributed by atoms with Gasteiger partial charge >= 0.3 is 23.9 Å².